The Morgan fingerprint density at radius 2 is 2.24 bits per heavy atom. The molecule has 2 nitrogen and oxygen atoms in total. The van der Waals surface area contributed by atoms with Gasteiger partial charge in [-0.25, -0.2) is 4.39 Å². The first-order chi connectivity index (χ1) is 8.24. The quantitative estimate of drug-likeness (QED) is 0.554. The number of hydrogen-bond donors (Lipinski definition) is 1. The predicted octanol–water partition coefficient (Wildman–Crippen LogP) is 2.82. The zero-order valence-corrected chi connectivity index (χ0v) is 10.3. The molecule has 0 unspecified atom stereocenters. The van der Waals surface area contributed by atoms with E-state index >= 15 is 0 Å². The number of rotatable bonds is 8. The fourth-order valence-corrected chi connectivity index (χ4v) is 1.48. The molecule has 17 heavy (non-hydrogen) atoms. The molecule has 1 aromatic rings. The van der Waals surface area contributed by atoms with E-state index < -0.39 is 0 Å². The summed E-state index contributed by atoms with van der Waals surface area (Å²) in [4.78, 5) is 0. The van der Waals surface area contributed by atoms with Gasteiger partial charge in [-0.05, 0) is 19.4 Å². The largest absolute Gasteiger partial charge is 0.380 e. The lowest BCUT2D eigenvalue weighted by Gasteiger charge is -2.07. The van der Waals surface area contributed by atoms with Gasteiger partial charge in [-0.2, -0.15) is 0 Å². The van der Waals surface area contributed by atoms with Crippen molar-refractivity contribution in [3.63, 3.8) is 0 Å². The first kappa shape index (κ1) is 13.9. The van der Waals surface area contributed by atoms with Crippen LogP contribution in [0.4, 0.5) is 4.39 Å². The van der Waals surface area contributed by atoms with Gasteiger partial charge in [0.15, 0.2) is 0 Å². The summed E-state index contributed by atoms with van der Waals surface area (Å²) in [7, 11) is 0. The van der Waals surface area contributed by atoms with Crippen molar-refractivity contribution in [3.8, 4) is 0 Å². The molecule has 0 saturated carbocycles. The predicted molar refractivity (Wildman–Crippen MR) is 68.5 cm³/mol. The second kappa shape index (κ2) is 7.98. The molecule has 0 aliphatic carbocycles. The van der Waals surface area contributed by atoms with Gasteiger partial charge in [-0.3, -0.25) is 0 Å². The number of halogens is 1. The fraction of sp³-hybridized carbons (Fsp3) is 0.429. The van der Waals surface area contributed by atoms with E-state index in [2.05, 4.69) is 11.9 Å². The molecule has 1 aromatic carbocycles. The van der Waals surface area contributed by atoms with Gasteiger partial charge in [0.2, 0.25) is 0 Å². The Balaban J connectivity index is 2.17. The van der Waals surface area contributed by atoms with Crippen LogP contribution < -0.4 is 5.32 Å². The van der Waals surface area contributed by atoms with Crippen LogP contribution in [0.1, 0.15) is 17.5 Å². The smallest absolute Gasteiger partial charge is 0.127 e. The van der Waals surface area contributed by atoms with Crippen molar-refractivity contribution in [3.05, 3.63) is 47.8 Å². The normalized spacial score (nSPS) is 10.5. The minimum atomic E-state index is -0.157. The molecule has 0 radical (unpaired) electrons. The molecule has 0 aromatic heterocycles. The molecule has 0 heterocycles. The summed E-state index contributed by atoms with van der Waals surface area (Å²) in [5.41, 5.74) is 1.78. The maximum atomic E-state index is 13.4. The second-order valence-electron chi connectivity index (χ2n) is 3.96. The molecular weight excluding hydrogens is 217 g/mol. The fourth-order valence-electron chi connectivity index (χ4n) is 1.48. The summed E-state index contributed by atoms with van der Waals surface area (Å²) in [5, 5.41) is 3.16. The highest BCUT2D eigenvalue weighted by atomic mass is 19.1. The number of nitrogens with one attached hydrogen (secondary N) is 1. The summed E-state index contributed by atoms with van der Waals surface area (Å²) >= 11 is 0. The molecule has 1 rings (SSSR count). The Morgan fingerprint density at radius 3 is 3.00 bits per heavy atom. The third-order valence-corrected chi connectivity index (χ3v) is 2.41. The molecule has 0 spiro atoms. The Hall–Kier alpha value is -1.19. The lowest BCUT2D eigenvalue weighted by atomic mass is 10.1. The minimum absolute atomic E-state index is 0.157. The topological polar surface area (TPSA) is 21.3 Å². The Bertz CT molecular complexity index is 352. The molecule has 0 aliphatic heterocycles. The van der Waals surface area contributed by atoms with Crippen molar-refractivity contribution in [1.29, 1.82) is 0 Å². The monoisotopic (exact) mass is 237 g/mol. The summed E-state index contributed by atoms with van der Waals surface area (Å²) in [6.07, 6.45) is 2.70. The summed E-state index contributed by atoms with van der Waals surface area (Å²) in [6, 6.07) is 5.14. The van der Waals surface area contributed by atoms with Crippen LogP contribution in [0.25, 0.3) is 0 Å². The summed E-state index contributed by atoms with van der Waals surface area (Å²) in [6.45, 7) is 8.18. The van der Waals surface area contributed by atoms with Gasteiger partial charge in [-0.1, -0.05) is 23.8 Å². The van der Waals surface area contributed by atoms with Gasteiger partial charge in [0.1, 0.15) is 5.82 Å². The minimum Gasteiger partial charge on any atom is -0.380 e. The maximum Gasteiger partial charge on any atom is 0.127 e. The van der Waals surface area contributed by atoms with Crippen molar-refractivity contribution >= 4 is 0 Å². The van der Waals surface area contributed by atoms with Crippen molar-refractivity contribution < 1.29 is 9.13 Å². The first-order valence-corrected chi connectivity index (χ1v) is 5.88. The van der Waals surface area contributed by atoms with Gasteiger partial charge in [0, 0.05) is 18.7 Å². The van der Waals surface area contributed by atoms with E-state index in [0.717, 1.165) is 18.5 Å². The molecule has 94 valence electrons. The average Bonchev–Trinajstić information content (AvgIpc) is 2.32. The van der Waals surface area contributed by atoms with E-state index in [-0.39, 0.29) is 5.82 Å². The standard InChI is InChI=1S/C14H20FNO/c1-3-4-8-17-9-7-16-11-13-10-12(2)5-6-14(13)15/h3,5-6,10,16H,1,4,7-9,11H2,2H3. The molecule has 0 aliphatic rings. The zero-order chi connectivity index (χ0) is 12.5. The van der Waals surface area contributed by atoms with Gasteiger partial charge in [0.25, 0.3) is 0 Å². The highest BCUT2D eigenvalue weighted by molar-refractivity contribution is 5.23. The number of benzene rings is 1. The van der Waals surface area contributed by atoms with Crippen molar-refractivity contribution in [2.75, 3.05) is 19.8 Å². The third kappa shape index (κ3) is 5.61. The zero-order valence-electron chi connectivity index (χ0n) is 10.3. The van der Waals surface area contributed by atoms with Crippen LogP contribution >= 0.6 is 0 Å². The molecule has 1 N–H and O–H groups in total. The van der Waals surface area contributed by atoms with Crippen molar-refractivity contribution in [1.82, 2.24) is 5.32 Å². The Labute approximate surface area is 102 Å². The first-order valence-electron chi connectivity index (χ1n) is 5.88. The molecule has 0 saturated heterocycles. The molecule has 0 fully saturated rings. The molecular formula is C14H20FNO. The lowest BCUT2D eigenvalue weighted by molar-refractivity contribution is 0.140. The van der Waals surface area contributed by atoms with E-state index in [1.807, 2.05) is 19.1 Å². The van der Waals surface area contributed by atoms with Gasteiger partial charge >= 0.3 is 0 Å². The Kier molecular flexibility index (Phi) is 6.51. The van der Waals surface area contributed by atoms with Crippen LogP contribution in [0.15, 0.2) is 30.9 Å². The molecule has 3 heteroatoms. The second-order valence-corrected chi connectivity index (χ2v) is 3.96. The summed E-state index contributed by atoms with van der Waals surface area (Å²) < 4.78 is 18.7. The van der Waals surface area contributed by atoms with Crippen LogP contribution in [-0.4, -0.2) is 19.8 Å². The van der Waals surface area contributed by atoms with E-state index in [1.165, 1.54) is 6.07 Å². The summed E-state index contributed by atoms with van der Waals surface area (Å²) in [5.74, 6) is -0.157. The van der Waals surface area contributed by atoms with E-state index in [1.54, 1.807) is 6.07 Å². The third-order valence-electron chi connectivity index (χ3n) is 2.41. The van der Waals surface area contributed by atoms with Crippen LogP contribution in [-0.2, 0) is 11.3 Å². The number of hydrogen-bond acceptors (Lipinski definition) is 2. The number of ether oxygens (including phenoxy) is 1. The van der Waals surface area contributed by atoms with Crippen LogP contribution in [0.3, 0.4) is 0 Å². The lowest BCUT2D eigenvalue weighted by Crippen LogP contribution is -2.20. The maximum absolute atomic E-state index is 13.4. The van der Waals surface area contributed by atoms with E-state index in [9.17, 15) is 4.39 Å². The molecule has 0 amide bonds. The van der Waals surface area contributed by atoms with Crippen LogP contribution in [0, 0.1) is 12.7 Å². The van der Waals surface area contributed by atoms with Gasteiger partial charge in [-0.15, -0.1) is 6.58 Å². The van der Waals surface area contributed by atoms with Crippen molar-refractivity contribution in [2.24, 2.45) is 0 Å². The average molecular weight is 237 g/mol. The highest BCUT2D eigenvalue weighted by Crippen LogP contribution is 2.09. The van der Waals surface area contributed by atoms with E-state index in [4.69, 9.17) is 4.74 Å². The van der Waals surface area contributed by atoms with E-state index in [0.29, 0.717) is 25.3 Å². The molecule has 0 atom stereocenters. The van der Waals surface area contributed by atoms with Gasteiger partial charge < -0.3 is 10.1 Å². The SMILES string of the molecule is C=CCCOCCNCc1cc(C)ccc1F. The van der Waals surface area contributed by atoms with Gasteiger partial charge in [0.05, 0.1) is 13.2 Å². The van der Waals surface area contributed by atoms with Crippen LogP contribution in [0.5, 0.6) is 0 Å². The molecule has 0 bridgehead atoms. The van der Waals surface area contributed by atoms with Crippen molar-refractivity contribution in [2.45, 2.75) is 19.9 Å². The van der Waals surface area contributed by atoms with Crippen LogP contribution in [0.2, 0.25) is 0 Å². The number of aryl methyl sites for hydroxylation is 1. The highest BCUT2D eigenvalue weighted by Gasteiger charge is 2.01. The Morgan fingerprint density at radius 1 is 1.41 bits per heavy atom.